The van der Waals surface area contributed by atoms with E-state index in [9.17, 15) is 4.79 Å². The van der Waals surface area contributed by atoms with Gasteiger partial charge in [0, 0.05) is 25.2 Å². The Morgan fingerprint density at radius 1 is 1.14 bits per heavy atom. The molecule has 0 aromatic rings. The number of carbonyl (C=O) groups excluding carboxylic acids is 1. The van der Waals surface area contributed by atoms with Crippen molar-refractivity contribution in [2.75, 3.05) is 19.6 Å². The molecule has 2 fully saturated rings. The first-order chi connectivity index (χ1) is 10.3. The minimum absolute atomic E-state index is 0.0991. The van der Waals surface area contributed by atoms with Crippen molar-refractivity contribution in [3.8, 4) is 0 Å². The Morgan fingerprint density at radius 3 is 2.45 bits per heavy atom. The average molecular weight is 310 g/mol. The lowest BCUT2D eigenvalue weighted by Gasteiger charge is -2.39. The summed E-state index contributed by atoms with van der Waals surface area (Å²) in [5.41, 5.74) is -0.391. The molecule has 0 amide bonds. The molecule has 0 bridgehead atoms. The van der Waals surface area contributed by atoms with Gasteiger partial charge in [-0.25, -0.2) is 0 Å². The number of nitrogens with zero attached hydrogens (tertiary/aromatic N) is 1. The van der Waals surface area contributed by atoms with Gasteiger partial charge < -0.3 is 10.1 Å². The van der Waals surface area contributed by atoms with Crippen LogP contribution >= 0.6 is 0 Å². The fraction of sp³-hybridized carbons (Fsp3) is 0.944. The highest BCUT2D eigenvalue weighted by molar-refractivity contribution is 5.72. The lowest BCUT2D eigenvalue weighted by molar-refractivity contribution is -0.156. The Kier molecular flexibility index (Phi) is 6.27. The van der Waals surface area contributed by atoms with E-state index in [2.05, 4.69) is 17.1 Å². The third-order valence-electron chi connectivity index (χ3n) is 4.58. The van der Waals surface area contributed by atoms with Gasteiger partial charge in [-0.2, -0.15) is 0 Å². The van der Waals surface area contributed by atoms with Crippen LogP contribution in [0, 0.1) is 5.92 Å². The number of likely N-dealkylation sites (tertiary alicyclic amines) is 1. The van der Waals surface area contributed by atoms with Crippen molar-refractivity contribution in [1.82, 2.24) is 10.2 Å². The van der Waals surface area contributed by atoms with Gasteiger partial charge in [-0.05, 0) is 46.0 Å². The van der Waals surface area contributed by atoms with Gasteiger partial charge >= 0.3 is 5.97 Å². The van der Waals surface area contributed by atoms with Crippen LogP contribution in [-0.2, 0) is 9.53 Å². The molecule has 0 spiro atoms. The zero-order valence-electron chi connectivity index (χ0n) is 14.9. The van der Waals surface area contributed by atoms with Crippen LogP contribution < -0.4 is 5.32 Å². The molecule has 1 aliphatic carbocycles. The topological polar surface area (TPSA) is 41.6 Å². The van der Waals surface area contributed by atoms with Crippen LogP contribution in [0.25, 0.3) is 0 Å². The molecule has 2 aliphatic rings. The van der Waals surface area contributed by atoms with Crippen LogP contribution in [0.5, 0.6) is 0 Å². The van der Waals surface area contributed by atoms with Crippen LogP contribution in [0.1, 0.15) is 66.2 Å². The number of esters is 1. The first-order valence-electron chi connectivity index (χ1n) is 9.02. The molecule has 0 radical (unpaired) electrons. The minimum Gasteiger partial charge on any atom is -0.459 e. The number of ether oxygens (including phenoxy) is 1. The summed E-state index contributed by atoms with van der Waals surface area (Å²) in [6.45, 7) is 10.5. The molecule has 4 nitrogen and oxygen atoms in total. The molecule has 1 N–H and O–H groups in total. The molecule has 4 heteroatoms. The van der Waals surface area contributed by atoms with Gasteiger partial charge in [0.2, 0.25) is 0 Å². The fourth-order valence-corrected chi connectivity index (χ4v) is 3.87. The Bertz CT molecular complexity index is 359. The van der Waals surface area contributed by atoms with Crippen molar-refractivity contribution in [2.45, 2.75) is 83.9 Å². The Hall–Kier alpha value is -0.610. The van der Waals surface area contributed by atoms with E-state index in [0.717, 1.165) is 13.1 Å². The first kappa shape index (κ1) is 17.7. The van der Waals surface area contributed by atoms with Gasteiger partial charge in [0.05, 0.1) is 6.54 Å². The molecule has 2 atom stereocenters. The third kappa shape index (κ3) is 6.25. The van der Waals surface area contributed by atoms with Gasteiger partial charge in [-0.15, -0.1) is 0 Å². The van der Waals surface area contributed by atoms with Gasteiger partial charge in [-0.3, -0.25) is 9.69 Å². The zero-order valence-corrected chi connectivity index (χ0v) is 14.9. The van der Waals surface area contributed by atoms with E-state index < -0.39 is 5.60 Å². The third-order valence-corrected chi connectivity index (χ3v) is 4.58. The van der Waals surface area contributed by atoms with Gasteiger partial charge in [0.25, 0.3) is 0 Å². The zero-order chi connectivity index (χ0) is 16.2. The smallest absolute Gasteiger partial charge is 0.320 e. The maximum absolute atomic E-state index is 12.0. The lowest BCUT2D eigenvalue weighted by atomic mass is 9.91. The second-order valence-corrected chi connectivity index (χ2v) is 8.32. The van der Waals surface area contributed by atoms with Crippen molar-refractivity contribution in [2.24, 2.45) is 5.92 Å². The Morgan fingerprint density at radius 2 is 1.82 bits per heavy atom. The molecule has 2 rings (SSSR count). The molecule has 0 aromatic heterocycles. The second-order valence-electron chi connectivity index (χ2n) is 8.32. The summed E-state index contributed by atoms with van der Waals surface area (Å²) < 4.78 is 5.46. The van der Waals surface area contributed by atoms with Crippen molar-refractivity contribution >= 4 is 5.97 Å². The summed E-state index contributed by atoms with van der Waals surface area (Å²) in [7, 11) is 0. The molecule has 2 unspecified atom stereocenters. The predicted molar refractivity (Wildman–Crippen MR) is 89.9 cm³/mol. The van der Waals surface area contributed by atoms with Crippen molar-refractivity contribution in [1.29, 1.82) is 0 Å². The van der Waals surface area contributed by atoms with Crippen LogP contribution in [0.15, 0.2) is 0 Å². The Labute approximate surface area is 136 Å². The molecular weight excluding hydrogens is 276 g/mol. The molecule has 1 saturated carbocycles. The normalized spacial score (nSPS) is 28.5. The largest absolute Gasteiger partial charge is 0.459 e. The maximum atomic E-state index is 12.0. The van der Waals surface area contributed by atoms with Crippen LogP contribution in [0.2, 0.25) is 0 Å². The molecule has 128 valence electrons. The quantitative estimate of drug-likeness (QED) is 0.811. The number of carbonyl (C=O) groups is 1. The highest BCUT2D eigenvalue weighted by atomic mass is 16.6. The number of hydrogen-bond donors (Lipinski definition) is 1. The van der Waals surface area contributed by atoms with Gasteiger partial charge in [-0.1, -0.05) is 26.2 Å². The maximum Gasteiger partial charge on any atom is 0.320 e. The number of nitrogens with one attached hydrogen (secondary N) is 1. The minimum atomic E-state index is -0.391. The van der Waals surface area contributed by atoms with Crippen molar-refractivity contribution in [3.05, 3.63) is 0 Å². The van der Waals surface area contributed by atoms with Crippen molar-refractivity contribution in [3.63, 3.8) is 0 Å². The van der Waals surface area contributed by atoms with Crippen LogP contribution in [0.3, 0.4) is 0 Å². The summed E-state index contributed by atoms with van der Waals surface area (Å²) in [6.07, 6.45) is 7.97. The molecule has 0 aromatic carbocycles. The summed E-state index contributed by atoms with van der Waals surface area (Å²) in [4.78, 5) is 14.3. The van der Waals surface area contributed by atoms with E-state index in [1.165, 1.54) is 38.5 Å². The van der Waals surface area contributed by atoms with E-state index in [1.807, 2.05) is 20.8 Å². The van der Waals surface area contributed by atoms with E-state index in [4.69, 9.17) is 4.74 Å². The second kappa shape index (κ2) is 7.78. The molecule has 1 saturated heterocycles. The fourth-order valence-electron chi connectivity index (χ4n) is 3.87. The molecule has 1 aliphatic heterocycles. The van der Waals surface area contributed by atoms with Gasteiger partial charge in [0.15, 0.2) is 0 Å². The molecule has 22 heavy (non-hydrogen) atoms. The molecular formula is C18H34N2O2. The van der Waals surface area contributed by atoms with Crippen molar-refractivity contribution < 1.29 is 9.53 Å². The highest BCUT2D eigenvalue weighted by Crippen LogP contribution is 2.22. The summed E-state index contributed by atoms with van der Waals surface area (Å²) in [5, 5.41) is 3.85. The van der Waals surface area contributed by atoms with Gasteiger partial charge in [0.1, 0.15) is 5.60 Å². The van der Waals surface area contributed by atoms with E-state index in [-0.39, 0.29) is 5.97 Å². The highest BCUT2D eigenvalue weighted by Gasteiger charge is 2.29. The van der Waals surface area contributed by atoms with E-state index >= 15 is 0 Å². The Balaban J connectivity index is 1.80. The van der Waals surface area contributed by atoms with E-state index in [1.54, 1.807) is 0 Å². The molecule has 1 heterocycles. The van der Waals surface area contributed by atoms with Crippen LogP contribution in [-0.4, -0.2) is 48.2 Å². The number of hydrogen-bond acceptors (Lipinski definition) is 4. The lowest BCUT2D eigenvalue weighted by Crippen LogP contribution is -2.53. The SMILES string of the molecule is CC1CC(NC2CCCCC2)CN(CC(=O)OC(C)(C)C)C1. The monoisotopic (exact) mass is 310 g/mol. The van der Waals surface area contributed by atoms with E-state index in [0.29, 0.717) is 24.5 Å². The number of piperidine rings is 1. The summed E-state index contributed by atoms with van der Waals surface area (Å²) in [5.74, 6) is 0.537. The first-order valence-corrected chi connectivity index (χ1v) is 9.02. The standard InChI is InChI=1S/C18H34N2O2/c1-14-10-16(19-15-8-6-5-7-9-15)12-20(11-14)13-17(21)22-18(2,3)4/h14-16,19H,5-13H2,1-4H3. The number of rotatable bonds is 4. The summed E-state index contributed by atoms with van der Waals surface area (Å²) in [6, 6.07) is 1.21. The average Bonchev–Trinajstić information content (AvgIpc) is 2.36. The van der Waals surface area contributed by atoms with Crippen LogP contribution in [0.4, 0.5) is 0 Å². The predicted octanol–water partition coefficient (Wildman–Crippen LogP) is 2.96. The summed E-state index contributed by atoms with van der Waals surface area (Å²) >= 11 is 0.